The zero-order valence-corrected chi connectivity index (χ0v) is 22.7. The number of hydrogen-bond acceptors (Lipinski definition) is 4. The van der Waals surface area contributed by atoms with Crippen LogP contribution >= 0.6 is 0 Å². The number of aliphatic hydroxyl groups is 3. The van der Waals surface area contributed by atoms with E-state index in [1.165, 1.54) is 5.57 Å². The molecule has 0 amide bonds. The normalized spacial score (nSPS) is 57.7. The lowest BCUT2D eigenvalue weighted by Gasteiger charge is -2.71. The Morgan fingerprint density at radius 3 is 2.31 bits per heavy atom. The van der Waals surface area contributed by atoms with Crippen molar-refractivity contribution in [2.45, 2.75) is 105 Å². The molecule has 0 bridgehead atoms. The van der Waals surface area contributed by atoms with Crippen molar-refractivity contribution in [2.75, 3.05) is 6.61 Å². The minimum Gasteiger partial charge on any atom is -0.481 e. The van der Waals surface area contributed by atoms with Crippen LogP contribution in [0.5, 0.6) is 0 Å². The maximum absolute atomic E-state index is 12.8. The van der Waals surface area contributed by atoms with E-state index in [0.29, 0.717) is 24.2 Å². The number of hydrogen-bond donors (Lipinski definition) is 4. The lowest BCUT2D eigenvalue weighted by Crippen LogP contribution is -2.68. The summed E-state index contributed by atoms with van der Waals surface area (Å²) in [4.78, 5) is 12.8. The van der Waals surface area contributed by atoms with Crippen molar-refractivity contribution in [3.63, 3.8) is 0 Å². The maximum Gasteiger partial charge on any atom is 0.310 e. The van der Waals surface area contributed by atoms with Gasteiger partial charge in [-0.25, -0.2) is 0 Å². The average Bonchev–Trinajstić information content (AvgIpc) is 2.80. The van der Waals surface area contributed by atoms with Crippen LogP contribution in [0.4, 0.5) is 0 Å². The van der Waals surface area contributed by atoms with Gasteiger partial charge in [0.05, 0.1) is 24.2 Å². The Hall–Kier alpha value is -0.910. The van der Waals surface area contributed by atoms with Crippen molar-refractivity contribution < 1.29 is 25.2 Å². The summed E-state index contributed by atoms with van der Waals surface area (Å²) in [6.45, 7) is 13.6. The van der Waals surface area contributed by atoms with Crippen molar-refractivity contribution in [3.05, 3.63) is 11.6 Å². The predicted octanol–water partition coefficient (Wildman–Crippen LogP) is 5.03. The smallest absolute Gasteiger partial charge is 0.310 e. The van der Waals surface area contributed by atoms with Crippen LogP contribution in [0.3, 0.4) is 0 Å². The van der Waals surface area contributed by atoms with Gasteiger partial charge in [0.15, 0.2) is 0 Å². The van der Waals surface area contributed by atoms with Crippen LogP contribution in [0.15, 0.2) is 11.6 Å². The second-order valence-corrected chi connectivity index (χ2v) is 14.5. The number of aliphatic carboxylic acids is 1. The maximum atomic E-state index is 12.8. The number of allylic oxidation sites excluding steroid dienone is 2. The molecular weight excluding hydrogens is 440 g/mol. The van der Waals surface area contributed by atoms with Gasteiger partial charge in [-0.3, -0.25) is 4.79 Å². The largest absolute Gasteiger partial charge is 0.481 e. The second-order valence-electron chi connectivity index (χ2n) is 14.5. The first kappa shape index (κ1) is 25.7. The van der Waals surface area contributed by atoms with E-state index < -0.39 is 29.0 Å². The molecule has 0 spiro atoms. The molecule has 0 aliphatic heterocycles. The van der Waals surface area contributed by atoms with Gasteiger partial charge in [0.25, 0.3) is 0 Å². The molecule has 35 heavy (non-hydrogen) atoms. The van der Waals surface area contributed by atoms with Crippen LogP contribution in [0.25, 0.3) is 0 Å². The zero-order chi connectivity index (χ0) is 25.8. The highest BCUT2D eigenvalue weighted by molar-refractivity contribution is 5.76. The summed E-state index contributed by atoms with van der Waals surface area (Å²) >= 11 is 0. The Balaban J connectivity index is 1.62. The Kier molecular flexibility index (Phi) is 5.73. The third-order valence-corrected chi connectivity index (χ3v) is 13.5. The van der Waals surface area contributed by atoms with Gasteiger partial charge in [-0.1, -0.05) is 53.2 Å². The third kappa shape index (κ3) is 2.95. The van der Waals surface area contributed by atoms with Gasteiger partial charge in [0, 0.05) is 5.41 Å². The molecule has 4 N–H and O–H groups in total. The Labute approximate surface area is 211 Å². The van der Waals surface area contributed by atoms with Crippen molar-refractivity contribution in [3.8, 4) is 0 Å². The van der Waals surface area contributed by atoms with Gasteiger partial charge >= 0.3 is 5.97 Å². The monoisotopic (exact) mass is 488 g/mol. The van der Waals surface area contributed by atoms with Gasteiger partial charge in [0.2, 0.25) is 0 Å². The van der Waals surface area contributed by atoms with Gasteiger partial charge in [-0.05, 0) is 97.2 Å². The summed E-state index contributed by atoms with van der Waals surface area (Å²) in [5.41, 5.74) is -0.214. The highest BCUT2D eigenvalue weighted by Crippen LogP contribution is 2.75. The lowest BCUT2D eigenvalue weighted by atomic mass is 9.33. The number of aliphatic hydroxyl groups excluding tert-OH is 3. The Morgan fingerprint density at radius 2 is 1.69 bits per heavy atom. The number of carbonyl (C=O) groups is 1. The first-order valence-corrected chi connectivity index (χ1v) is 14.1. The minimum atomic E-state index is -0.907. The summed E-state index contributed by atoms with van der Waals surface area (Å²) in [5.74, 6) is 0.828. The van der Waals surface area contributed by atoms with E-state index in [9.17, 15) is 25.2 Å². The second kappa shape index (κ2) is 7.80. The van der Waals surface area contributed by atoms with Gasteiger partial charge < -0.3 is 20.4 Å². The Morgan fingerprint density at radius 1 is 1.00 bits per heavy atom. The van der Waals surface area contributed by atoms with Crippen LogP contribution in [-0.2, 0) is 4.79 Å². The topological polar surface area (TPSA) is 98.0 Å². The fourth-order valence-electron chi connectivity index (χ4n) is 11.0. The standard InChI is InChI=1S/C30H48O5/c1-17-9-12-30(25(34)35)14-13-28(5)19(23(30)18(17)2)7-8-22-26(3)15-20(32)24(33)27(4,16-31)21(26)10-11-29(22,28)6/h7,17-18,20-24,31-33H,8-16H2,1-6H3,(H,34,35)/t17-,18+,20-,21-,22?,23+,24+,26+,27+,28+,29-,30+/m1/s1. The molecule has 5 nitrogen and oxygen atoms in total. The minimum absolute atomic E-state index is 0.00815. The molecule has 0 aromatic heterocycles. The molecule has 5 aliphatic rings. The molecule has 5 rings (SSSR count). The predicted molar refractivity (Wildman–Crippen MR) is 135 cm³/mol. The van der Waals surface area contributed by atoms with E-state index in [-0.39, 0.29) is 34.7 Å². The highest BCUT2D eigenvalue weighted by atomic mass is 16.4. The molecule has 4 saturated carbocycles. The van der Waals surface area contributed by atoms with Crippen molar-refractivity contribution in [1.82, 2.24) is 0 Å². The molecule has 198 valence electrons. The van der Waals surface area contributed by atoms with E-state index >= 15 is 0 Å². The molecule has 12 atom stereocenters. The number of carboxylic acid groups (broad SMARTS) is 1. The van der Waals surface area contributed by atoms with Crippen LogP contribution in [0.1, 0.15) is 92.9 Å². The van der Waals surface area contributed by atoms with Crippen molar-refractivity contribution in [2.24, 2.45) is 56.7 Å². The van der Waals surface area contributed by atoms with Crippen molar-refractivity contribution in [1.29, 1.82) is 0 Å². The fourth-order valence-corrected chi connectivity index (χ4v) is 11.0. The summed E-state index contributed by atoms with van der Waals surface area (Å²) in [5, 5.41) is 42.9. The van der Waals surface area contributed by atoms with E-state index in [1.54, 1.807) is 0 Å². The molecule has 0 aromatic rings. The van der Waals surface area contributed by atoms with E-state index in [4.69, 9.17) is 0 Å². The lowest BCUT2D eigenvalue weighted by molar-refractivity contribution is -0.244. The quantitative estimate of drug-likeness (QED) is 0.409. The summed E-state index contributed by atoms with van der Waals surface area (Å²) in [6, 6.07) is 0. The van der Waals surface area contributed by atoms with Gasteiger partial charge in [-0.2, -0.15) is 0 Å². The first-order valence-electron chi connectivity index (χ1n) is 14.1. The van der Waals surface area contributed by atoms with Crippen molar-refractivity contribution >= 4 is 5.97 Å². The number of rotatable bonds is 2. The molecule has 0 heterocycles. The summed E-state index contributed by atoms with van der Waals surface area (Å²) < 4.78 is 0. The number of fused-ring (bicyclic) bond motifs is 7. The molecule has 0 radical (unpaired) electrons. The van der Waals surface area contributed by atoms with E-state index in [2.05, 4.69) is 40.7 Å². The average molecular weight is 489 g/mol. The summed E-state index contributed by atoms with van der Waals surface area (Å²) in [6.07, 6.45) is 7.51. The first-order chi connectivity index (χ1) is 16.2. The van der Waals surface area contributed by atoms with E-state index in [0.717, 1.165) is 44.9 Å². The van der Waals surface area contributed by atoms with Crippen LogP contribution < -0.4 is 0 Å². The van der Waals surface area contributed by atoms with Crippen LogP contribution in [-0.4, -0.2) is 45.2 Å². The SMILES string of the molecule is C[C@H]1[C@H](C)CC[C@]2(C(=O)O)CC[C@@]3(C)C(=CCC4[C@@]5(C)C[C@@H](O)[C@H](O)[C@@](C)(CO)[C@@H]5CC[C@]43C)[C@H]12. The Bertz CT molecular complexity index is 930. The molecular formula is C30H48O5. The van der Waals surface area contributed by atoms with Crippen LogP contribution in [0, 0.1) is 56.7 Å². The molecule has 1 unspecified atom stereocenters. The molecule has 4 fully saturated rings. The van der Waals surface area contributed by atoms with E-state index in [1.807, 2.05) is 6.92 Å². The van der Waals surface area contributed by atoms with Crippen LogP contribution in [0.2, 0.25) is 0 Å². The molecule has 5 aliphatic carbocycles. The fraction of sp³-hybridized carbons (Fsp3) is 0.900. The highest BCUT2D eigenvalue weighted by Gasteiger charge is 2.70. The van der Waals surface area contributed by atoms with Gasteiger partial charge in [-0.15, -0.1) is 0 Å². The molecule has 0 aromatic carbocycles. The molecule has 5 heteroatoms. The summed E-state index contributed by atoms with van der Waals surface area (Å²) in [7, 11) is 0. The van der Waals surface area contributed by atoms with Gasteiger partial charge in [0.1, 0.15) is 0 Å². The number of carboxylic acids is 1. The zero-order valence-electron chi connectivity index (χ0n) is 22.7. The molecule has 0 saturated heterocycles. The third-order valence-electron chi connectivity index (χ3n) is 13.5.